The number of nitrogens with zero attached hydrogens (tertiary/aromatic N) is 4. The minimum absolute atomic E-state index is 0.166. The van der Waals surface area contributed by atoms with Gasteiger partial charge < -0.3 is 4.98 Å². The summed E-state index contributed by atoms with van der Waals surface area (Å²) in [5.41, 5.74) is 2.98. The van der Waals surface area contributed by atoms with E-state index < -0.39 is 0 Å². The van der Waals surface area contributed by atoms with Crippen molar-refractivity contribution in [2.24, 2.45) is 0 Å². The summed E-state index contributed by atoms with van der Waals surface area (Å²) in [5.74, 6) is 0. The molecule has 20 heavy (non-hydrogen) atoms. The Morgan fingerprint density at radius 2 is 2.10 bits per heavy atom. The summed E-state index contributed by atoms with van der Waals surface area (Å²) in [6, 6.07) is 6.09. The van der Waals surface area contributed by atoms with Gasteiger partial charge in [-0.2, -0.15) is 10.4 Å². The van der Waals surface area contributed by atoms with Crippen LogP contribution in [0.2, 0.25) is 0 Å². The summed E-state index contributed by atoms with van der Waals surface area (Å²) in [4.78, 5) is 7.34. The first-order chi connectivity index (χ1) is 9.50. The van der Waals surface area contributed by atoms with E-state index in [1.165, 1.54) is 0 Å². The Labute approximate surface area is 116 Å². The first kappa shape index (κ1) is 12.4. The van der Waals surface area contributed by atoms with Gasteiger partial charge in [-0.1, -0.05) is 20.8 Å². The number of hydrogen-bond donors (Lipinski definition) is 1. The van der Waals surface area contributed by atoms with Gasteiger partial charge in [-0.15, -0.1) is 0 Å². The van der Waals surface area contributed by atoms with E-state index in [-0.39, 0.29) is 5.41 Å². The molecule has 0 aliphatic carbocycles. The van der Waals surface area contributed by atoms with Crippen molar-refractivity contribution in [1.82, 2.24) is 19.7 Å². The highest BCUT2D eigenvalue weighted by Gasteiger charge is 2.23. The van der Waals surface area contributed by atoms with Crippen LogP contribution in [0.25, 0.3) is 16.7 Å². The van der Waals surface area contributed by atoms with Crippen molar-refractivity contribution < 1.29 is 0 Å². The van der Waals surface area contributed by atoms with Crippen LogP contribution in [0.5, 0.6) is 0 Å². The van der Waals surface area contributed by atoms with Crippen molar-refractivity contribution in [2.45, 2.75) is 26.2 Å². The molecule has 3 aromatic rings. The average molecular weight is 265 g/mol. The number of fused-ring (bicyclic) bond motifs is 1. The van der Waals surface area contributed by atoms with Crippen molar-refractivity contribution in [2.75, 3.05) is 0 Å². The molecule has 0 unspecified atom stereocenters. The maximum absolute atomic E-state index is 9.29. The minimum atomic E-state index is -0.166. The molecule has 0 bridgehead atoms. The summed E-state index contributed by atoms with van der Waals surface area (Å²) in [6.45, 7) is 6.16. The lowest BCUT2D eigenvalue weighted by atomic mass is 9.90. The number of nitrogens with one attached hydrogen (secondary N) is 1. The summed E-state index contributed by atoms with van der Waals surface area (Å²) in [6.07, 6.45) is 5.36. The number of pyridine rings is 1. The normalized spacial score (nSPS) is 11.7. The van der Waals surface area contributed by atoms with E-state index in [1.807, 2.05) is 18.3 Å². The van der Waals surface area contributed by atoms with Crippen LogP contribution in [-0.4, -0.2) is 19.7 Å². The van der Waals surface area contributed by atoms with Crippen molar-refractivity contribution in [3.63, 3.8) is 0 Å². The topological polar surface area (TPSA) is 70.3 Å². The highest BCUT2D eigenvalue weighted by Crippen LogP contribution is 2.26. The highest BCUT2D eigenvalue weighted by molar-refractivity contribution is 5.84. The molecule has 0 radical (unpaired) electrons. The fourth-order valence-corrected chi connectivity index (χ4v) is 2.28. The van der Waals surface area contributed by atoms with Gasteiger partial charge in [0.15, 0.2) is 0 Å². The first-order valence-corrected chi connectivity index (χ1v) is 6.43. The molecule has 0 amide bonds. The Bertz CT molecular complexity index is 811. The third-order valence-corrected chi connectivity index (χ3v) is 3.23. The molecule has 0 fully saturated rings. The fraction of sp³-hybridized carbons (Fsp3) is 0.267. The lowest BCUT2D eigenvalue weighted by Gasteiger charge is -2.15. The predicted molar refractivity (Wildman–Crippen MR) is 76.6 cm³/mol. The summed E-state index contributed by atoms with van der Waals surface area (Å²) in [7, 11) is 0. The molecule has 3 rings (SSSR count). The quantitative estimate of drug-likeness (QED) is 0.735. The SMILES string of the molecule is CC(C)(C)c1nn(-c2ccnc3[nH]ccc23)cc1C#N. The van der Waals surface area contributed by atoms with Crippen LogP contribution in [0, 0.1) is 11.3 Å². The minimum Gasteiger partial charge on any atom is -0.346 e. The largest absolute Gasteiger partial charge is 0.346 e. The third-order valence-electron chi connectivity index (χ3n) is 3.23. The van der Waals surface area contributed by atoms with Crippen LogP contribution in [0.3, 0.4) is 0 Å². The zero-order chi connectivity index (χ0) is 14.3. The van der Waals surface area contributed by atoms with Crippen molar-refractivity contribution in [3.8, 4) is 11.8 Å². The van der Waals surface area contributed by atoms with Gasteiger partial charge in [0, 0.05) is 29.4 Å². The van der Waals surface area contributed by atoms with Gasteiger partial charge in [-0.25, -0.2) is 9.67 Å². The van der Waals surface area contributed by atoms with E-state index in [2.05, 4.69) is 41.9 Å². The molecule has 0 aliphatic rings. The van der Waals surface area contributed by atoms with Gasteiger partial charge in [-0.05, 0) is 12.1 Å². The van der Waals surface area contributed by atoms with E-state index in [4.69, 9.17) is 0 Å². The fourth-order valence-electron chi connectivity index (χ4n) is 2.28. The molecule has 0 saturated heterocycles. The van der Waals surface area contributed by atoms with Gasteiger partial charge in [-0.3, -0.25) is 0 Å². The van der Waals surface area contributed by atoms with Crippen LogP contribution in [0.1, 0.15) is 32.0 Å². The number of aromatic nitrogens is 4. The number of nitriles is 1. The van der Waals surface area contributed by atoms with Crippen molar-refractivity contribution >= 4 is 11.0 Å². The van der Waals surface area contributed by atoms with Crippen molar-refractivity contribution in [1.29, 1.82) is 5.26 Å². The maximum Gasteiger partial charge on any atom is 0.139 e. The summed E-state index contributed by atoms with van der Waals surface area (Å²) >= 11 is 0. The third kappa shape index (κ3) is 1.86. The summed E-state index contributed by atoms with van der Waals surface area (Å²) < 4.78 is 1.76. The smallest absolute Gasteiger partial charge is 0.139 e. The van der Waals surface area contributed by atoms with Gasteiger partial charge in [0.1, 0.15) is 11.7 Å². The second kappa shape index (κ2) is 4.20. The second-order valence-electron chi connectivity index (χ2n) is 5.77. The van der Waals surface area contributed by atoms with E-state index in [9.17, 15) is 5.26 Å². The molecule has 3 heterocycles. The zero-order valence-electron chi connectivity index (χ0n) is 11.7. The maximum atomic E-state index is 9.29. The van der Waals surface area contributed by atoms with Gasteiger partial charge in [0.25, 0.3) is 0 Å². The molecule has 1 N–H and O–H groups in total. The van der Waals surface area contributed by atoms with E-state index >= 15 is 0 Å². The number of hydrogen-bond acceptors (Lipinski definition) is 3. The second-order valence-corrected chi connectivity index (χ2v) is 5.77. The number of H-pyrrole nitrogens is 1. The molecule has 100 valence electrons. The molecule has 0 aromatic carbocycles. The molecule has 0 saturated carbocycles. The van der Waals surface area contributed by atoms with E-state index in [0.717, 1.165) is 22.4 Å². The van der Waals surface area contributed by atoms with E-state index in [0.29, 0.717) is 5.56 Å². The molecule has 0 atom stereocenters. The molecule has 3 aromatic heterocycles. The lowest BCUT2D eigenvalue weighted by Crippen LogP contribution is -2.14. The van der Waals surface area contributed by atoms with Crippen LogP contribution in [-0.2, 0) is 5.41 Å². The molecule has 0 aliphatic heterocycles. The van der Waals surface area contributed by atoms with Crippen molar-refractivity contribution in [3.05, 3.63) is 42.0 Å². The average Bonchev–Trinajstić information content (AvgIpc) is 3.03. The molecular formula is C15H15N5. The van der Waals surface area contributed by atoms with E-state index in [1.54, 1.807) is 17.1 Å². The predicted octanol–water partition coefficient (Wildman–Crippen LogP) is 2.92. The van der Waals surface area contributed by atoms with Gasteiger partial charge in [0.2, 0.25) is 0 Å². The Morgan fingerprint density at radius 3 is 2.75 bits per heavy atom. The highest BCUT2D eigenvalue weighted by atomic mass is 15.3. The van der Waals surface area contributed by atoms with Crippen LogP contribution >= 0.6 is 0 Å². The summed E-state index contributed by atoms with van der Waals surface area (Å²) in [5, 5.41) is 14.9. The molecule has 0 spiro atoms. The Balaban J connectivity index is 2.24. The molecule has 5 heteroatoms. The first-order valence-electron chi connectivity index (χ1n) is 6.43. The Kier molecular flexibility index (Phi) is 2.61. The zero-order valence-corrected chi connectivity index (χ0v) is 11.7. The van der Waals surface area contributed by atoms with Gasteiger partial charge >= 0.3 is 0 Å². The Morgan fingerprint density at radius 1 is 1.30 bits per heavy atom. The van der Waals surface area contributed by atoms with Crippen LogP contribution < -0.4 is 0 Å². The van der Waals surface area contributed by atoms with Crippen LogP contribution in [0.4, 0.5) is 0 Å². The van der Waals surface area contributed by atoms with Crippen LogP contribution in [0.15, 0.2) is 30.7 Å². The number of rotatable bonds is 1. The monoisotopic (exact) mass is 265 g/mol. The Hall–Kier alpha value is -2.61. The molecular weight excluding hydrogens is 250 g/mol. The van der Waals surface area contributed by atoms with Gasteiger partial charge in [0.05, 0.1) is 16.9 Å². The standard InChI is InChI=1S/C15H15N5/c1-15(2,3)13-10(8-16)9-20(19-13)12-5-7-18-14-11(12)4-6-17-14/h4-7,9H,1-3H3,(H,17,18). The number of aromatic amines is 1. The lowest BCUT2D eigenvalue weighted by molar-refractivity contribution is 0.559. The molecule has 5 nitrogen and oxygen atoms in total.